The molecule has 7 heteroatoms. The van der Waals surface area contributed by atoms with Gasteiger partial charge in [-0.2, -0.15) is 0 Å². The van der Waals surface area contributed by atoms with E-state index in [0.29, 0.717) is 5.56 Å². The number of hydrogen-bond acceptors (Lipinski definition) is 4. The molecule has 0 aromatic heterocycles. The third kappa shape index (κ3) is 4.26. The molecule has 0 spiro atoms. The Balaban J connectivity index is 3.04. The normalized spacial score (nSPS) is 11.9. The number of hydroxylamine groups is 1. The van der Waals surface area contributed by atoms with Gasteiger partial charge in [0.05, 0.1) is 12.0 Å². The molecule has 0 fully saturated rings. The number of rotatable bonds is 7. The standard InChI is InChI=1S/C14H22N2O4S/c1-5-12(6-2)15-14(17)11-8-7-9-13(10-11)21(18,19)16(3)20-4/h7-10,12H,5-6H2,1-4H3,(H,15,17). The van der Waals surface area contributed by atoms with E-state index < -0.39 is 10.0 Å². The Morgan fingerprint density at radius 1 is 1.33 bits per heavy atom. The number of nitrogens with one attached hydrogen (secondary N) is 1. The summed E-state index contributed by atoms with van der Waals surface area (Å²) in [6, 6.07) is 5.99. The smallest absolute Gasteiger partial charge is 0.264 e. The van der Waals surface area contributed by atoms with Gasteiger partial charge in [-0.25, -0.2) is 8.42 Å². The van der Waals surface area contributed by atoms with Crippen molar-refractivity contribution in [2.75, 3.05) is 14.2 Å². The summed E-state index contributed by atoms with van der Waals surface area (Å²) in [6.07, 6.45) is 1.65. The highest BCUT2D eigenvalue weighted by Crippen LogP contribution is 2.16. The van der Waals surface area contributed by atoms with Crippen molar-refractivity contribution in [1.82, 2.24) is 9.79 Å². The lowest BCUT2D eigenvalue weighted by Crippen LogP contribution is -2.34. The average molecular weight is 314 g/mol. The first-order valence-electron chi connectivity index (χ1n) is 6.80. The molecule has 0 aliphatic carbocycles. The lowest BCUT2D eigenvalue weighted by molar-refractivity contribution is -0.0258. The molecule has 0 saturated heterocycles. The molecule has 21 heavy (non-hydrogen) atoms. The highest BCUT2D eigenvalue weighted by Gasteiger charge is 2.22. The van der Waals surface area contributed by atoms with E-state index in [2.05, 4.69) is 5.32 Å². The van der Waals surface area contributed by atoms with Crippen molar-refractivity contribution in [2.45, 2.75) is 37.6 Å². The second-order valence-corrected chi connectivity index (χ2v) is 6.55. The minimum Gasteiger partial charge on any atom is -0.349 e. The Morgan fingerprint density at radius 3 is 2.48 bits per heavy atom. The number of sulfonamides is 1. The molecule has 0 radical (unpaired) electrons. The van der Waals surface area contributed by atoms with Crippen molar-refractivity contribution in [1.29, 1.82) is 0 Å². The van der Waals surface area contributed by atoms with Gasteiger partial charge in [-0.05, 0) is 31.0 Å². The number of amides is 1. The summed E-state index contributed by atoms with van der Waals surface area (Å²) in [7, 11) is -1.19. The van der Waals surface area contributed by atoms with Crippen molar-refractivity contribution < 1.29 is 18.0 Å². The SMILES string of the molecule is CCC(CC)NC(=O)c1cccc(S(=O)(=O)N(C)OC)c1. The number of hydrogen-bond donors (Lipinski definition) is 1. The molecule has 1 aromatic carbocycles. The van der Waals surface area contributed by atoms with Crippen LogP contribution in [0.2, 0.25) is 0 Å². The largest absolute Gasteiger partial charge is 0.349 e. The molecule has 0 bridgehead atoms. The molecule has 0 heterocycles. The van der Waals surface area contributed by atoms with E-state index in [1.807, 2.05) is 13.8 Å². The molecule has 118 valence electrons. The van der Waals surface area contributed by atoms with Crippen LogP contribution in [-0.2, 0) is 14.9 Å². The van der Waals surface area contributed by atoms with Crippen LogP contribution in [0.5, 0.6) is 0 Å². The van der Waals surface area contributed by atoms with Crippen LogP contribution in [-0.4, -0.2) is 39.0 Å². The predicted molar refractivity (Wildman–Crippen MR) is 80.2 cm³/mol. The fraction of sp³-hybridized carbons (Fsp3) is 0.500. The van der Waals surface area contributed by atoms with E-state index in [4.69, 9.17) is 4.84 Å². The van der Waals surface area contributed by atoms with Crippen molar-refractivity contribution in [3.8, 4) is 0 Å². The first kappa shape index (κ1) is 17.6. The fourth-order valence-corrected chi connectivity index (χ4v) is 2.83. The zero-order valence-electron chi connectivity index (χ0n) is 12.8. The van der Waals surface area contributed by atoms with Crippen LogP contribution in [0.3, 0.4) is 0 Å². The van der Waals surface area contributed by atoms with E-state index in [9.17, 15) is 13.2 Å². The number of nitrogens with zero attached hydrogens (tertiary/aromatic N) is 1. The molecule has 0 aliphatic heterocycles. The molecule has 1 N–H and O–H groups in total. The Morgan fingerprint density at radius 2 is 1.95 bits per heavy atom. The Kier molecular flexibility index (Phi) is 6.32. The van der Waals surface area contributed by atoms with Gasteiger partial charge in [-0.1, -0.05) is 24.4 Å². The van der Waals surface area contributed by atoms with Gasteiger partial charge in [-0.3, -0.25) is 9.63 Å². The second kappa shape index (κ2) is 7.53. The second-order valence-electron chi connectivity index (χ2n) is 4.61. The van der Waals surface area contributed by atoms with E-state index in [0.717, 1.165) is 17.3 Å². The van der Waals surface area contributed by atoms with Gasteiger partial charge in [0.2, 0.25) is 0 Å². The van der Waals surface area contributed by atoms with Crippen LogP contribution >= 0.6 is 0 Å². The fourth-order valence-electron chi connectivity index (χ4n) is 1.81. The Bertz CT molecular complexity index is 582. The summed E-state index contributed by atoms with van der Waals surface area (Å²) >= 11 is 0. The zero-order valence-corrected chi connectivity index (χ0v) is 13.6. The minimum atomic E-state index is -3.75. The highest BCUT2D eigenvalue weighted by atomic mass is 32.2. The predicted octanol–water partition coefficient (Wildman–Crippen LogP) is 1.79. The molecule has 1 aromatic rings. The van der Waals surface area contributed by atoms with Crippen molar-refractivity contribution in [3.05, 3.63) is 29.8 Å². The van der Waals surface area contributed by atoms with Gasteiger partial charge in [0.1, 0.15) is 0 Å². The van der Waals surface area contributed by atoms with Crippen LogP contribution in [0.15, 0.2) is 29.2 Å². The molecule has 0 atom stereocenters. The Labute approximate surface area is 126 Å². The Hall–Kier alpha value is -1.44. The third-order valence-corrected chi connectivity index (χ3v) is 4.99. The van der Waals surface area contributed by atoms with Crippen molar-refractivity contribution >= 4 is 15.9 Å². The number of carbonyl (C=O) groups is 1. The number of carbonyl (C=O) groups excluding carboxylic acids is 1. The van der Waals surface area contributed by atoms with Crippen LogP contribution in [0.25, 0.3) is 0 Å². The van der Waals surface area contributed by atoms with Gasteiger partial charge >= 0.3 is 0 Å². The lowest BCUT2D eigenvalue weighted by Gasteiger charge is -2.16. The lowest BCUT2D eigenvalue weighted by atomic mass is 10.1. The summed E-state index contributed by atoms with van der Waals surface area (Å²) in [5, 5.41) is 2.88. The van der Waals surface area contributed by atoms with Crippen molar-refractivity contribution in [3.63, 3.8) is 0 Å². The maximum absolute atomic E-state index is 12.1. The molecule has 6 nitrogen and oxygen atoms in total. The molecular formula is C14H22N2O4S. The van der Waals surface area contributed by atoms with Crippen LogP contribution in [0.4, 0.5) is 0 Å². The van der Waals surface area contributed by atoms with E-state index in [1.54, 1.807) is 6.07 Å². The van der Waals surface area contributed by atoms with Gasteiger partial charge < -0.3 is 5.32 Å². The van der Waals surface area contributed by atoms with Gasteiger partial charge in [0, 0.05) is 18.7 Å². The molecule has 0 saturated carbocycles. The van der Waals surface area contributed by atoms with Crippen LogP contribution in [0.1, 0.15) is 37.0 Å². The average Bonchev–Trinajstić information content (AvgIpc) is 2.51. The maximum Gasteiger partial charge on any atom is 0.264 e. The summed E-state index contributed by atoms with van der Waals surface area (Å²) in [6.45, 7) is 3.98. The summed E-state index contributed by atoms with van der Waals surface area (Å²) < 4.78 is 25.0. The summed E-state index contributed by atoms with van der Waals surface area (Å²) in [5.41, 5.74) is 0.312. The summed E-state index contributed by atoms with van der Waals surface area (Å²) in [5.74, 6) is -0.277. The van der Waals surface area contributed by atoms with Gasteiger partial charge in [0.15, 0.2) is 0 Å². The number of benzene rings is 1. The van der Waals surface area contributed by atoms with Crippen molar-refractivity contribution in [2.24, 2.45) is 0 Å². The third-order valence-electron chi connectivity index (χ3n) is 3.31. The van der Waals surface area contributed by atoms with E-state index in [1.165, 1.54) is 32.4 Å². The minimum absolute atomic E-state index is 0.0176. The van der Waals surface area contributed by atoms with Crippen LogP contribution in [0, 0.1) is 0 Å². The molecule has 1 amide bonds. The van der Waals surface area contributed by atoms with E-state index >= 15 is 0 Å². The monoisotopic (exact) mass is 314 g/mol. The maximum atomic E-state index is 12.1. The molecule has 1 rings (SSSR count). The first-order chi connectivity index (χ1) is 9.86. The highest BCUT2D eigenvalue weighted by molar-refractivity contribution is 7.89. The van der Waals surface area contributed by atoms with Crippen LogP contribution < -0.4 is 5.32 Å². The quantitative estimate of drug-likeness (QED) is 0.779. The van der Waals surface area contributed by atoms with Gasteiger partial charge in [0.25, 0.3) is 15.9 Å². The first-order valence-corrected chi connectivity index (χ1v) is 8.24. The topological polar surface area (TPSA) is 75.7 Å². The molecule has 0 aliphatic rings. The molecular weight excluding hydrogens is 292 g/mol. The zero-order chi connectivity index (χ0) is 16.0. The van der Waals surface area contributed by atoms with E-state index in [-0.39, 0.29) is 16.8 Å². The van der Waals surface area contributed by atoms with Gasteiger partial charge in [-0.15, -0.1) is 0 Å². The summed E-state index contributed by atoms with van der Waals surface area (Å²) in [4.78, 5) is 16.9. The molecule has 0 unspecified atom stereocenters.